The topological polar surface area (TPSA) is 131 Å². The van der Waals surface area contributed by atoms with E-state index in [1.54, 1.807) is 45.0 Å². The first-order valence-corrected chi connectivity index (χ1v) is 14.0. The third kappa shape index (κ3) is 8.31. The van der Waals surface area contributed by atoms with Gasteiger partial charge in [0.15, 0.2) is 12.1 Å². The molecule has 2 heterocycles. The molecule has 2 saturated heterocycles. The Morgan fingerprint density at radius 1 is 0.833 bits per heavy atom. The van der Waals surface area contributed by atoms with Gasteiger partial charge in [0.05, 0.1) is 5.92 Å². The Bertz CT molecular complexity index is 1220. The Labute approximate surface area is 245 Å². The summed E-state index contributed by atoms with van der Waals surface area (Å²) in [5.41, 5.74) is 0.842. The van der Waals surface area contributed by atoms with Crippen LogP contribution in [0, 0.1) is 5.92 Å². The second kappa shape index (κ2) is 13.5. The van der Waals surface area contributed by atoms with Crippen LogP contribution in [0.4, 0.5) is 4.79 Å². The lowest BCUT2D eigenvalue weighted by Crippen LogP contribution is -2.48. The van der Waals surface area contributed by atoms with Crippen molar-refractivity contribution in [1.29, 1.82) is 0 Å². The molecule has 0 aliphatic carbocycles. The number of likely N-dealkylation sites (tertiary alicyclic amines) is 1. The number of carbonyl (C=O) groups is 5. The van der Waals surface area contributed by atoms with E-state index in [0.717, 1.165) is 11.1 Å². The smallest absolute Gasteiger partial charge is 0.408 e. The van der Waals surface area contributed by atoms with Gasteiger partial charge in [-0.25, -0.2) is 14.4 Å². The van der Waals surface area contributed by atoms with Gasteiger partial charge in [-0.3, -0.25) is 9.59 Å². The van der Waals surface area contributed by atoms with Crippen LogP contribution < -0.4 is 5.32 Å². The minimum atomic E-state index is -1.11. The van der Waals surface area contributed by atoms with Crippen molar-refractivity contribution in [2.45, 2.75) is 64.5 Å². The van der Waals surface area contributed by atoms with Crippen molar-refractivity contribution in [1.82, 2.24) is 15.1 Å². The summed E-state index contributed by atoms with van der Waals surface area (Å²) in [6, 6.07) is 16.0. The number of rotatable bonds is 9. The van der Waals surface area contributed by atoms with E-state index in [2.05, 4.69) is 5.32 Å². The van der Waals surface area contributed by atoms with Crippen molar-refractivity contribution in [3.8, 4) is 0 Å². The molecule has 3 atom stereocenters. The number of carbonyl (C=O) groups excluding carboxylic acids is 5. The number of nitrogens with zero attached hydrogens (tertiary/aromatic N) is 2. The van der Waals surface area contributed by atoms with Crippen LogP contribution in [0.25, 0.3) is 0 Å². The van der Waals surface area contributed by atoms with Gasteiger partial charge in [0.2, 0.25) is 11.8 Å². The fourth-order valence-corrected chi connectivity index (χ4v) is 4.81. The molecule has 0 saturated carbocycles. The van der Waals surface area contributed by atoms with E-state index < -0.39 is 47.5 Å². The van der Waals surface area contributed by atoms with Crippen LogP contribution in [0.15, 0.2) is 60.7 Å². The minimum absolute atomic E-state index is 0.000340. The SMILES string of the molecule is CC(C)(C)OC(=O)NCC(=O)N1CCC[C@H](C(=O)N2[C@H](C(=O)OCc3ccccc3)[C@H]2C(=O)OCc2ccccc2)C1. The average Bonchev–Trinajstić information content (AvgIpc) is 3.73. The third-order valence-electron chi connectivity index (χ3n) is 6.90. The van der Waals surface area contributed by atoms with Crippen LogP contribution in [-0.4, -0.2) is 77.0 Å². The molecule has 2 aliphatic heterocycles. The normalized spacial score (nSPS) is 19.8. The Morgan fingerprint density at radius 2 is 1.36 bits per heavy atom. The molecule has 0 radical (unpaired) electrons. The summed E-state index contributed by atoms with van der Waals surface area (Å²) in [7, 11) is 0. The number of alkyl carbamates (subject to hydrolysis) is 1. The highest BCUT2D eigenvalue weighted by molar-refractivity contribution is 6.01. The van der Waals surface area contributed by atoms with E-state index >= 15 is 0 Å². The van der Waals surface area contributed by atoms with Gasteiger partial charge >= 0.3 is 18.0 Å². The van der Waals surface area contributed by atoms with Crippen LogP contribution >= 0.6 is 0 Å². The van der Waals surface area contributed by atoms with Crippen LogP contribution in [0.5, 0.6) is 0 Å². The zero-order chi connectivity index (χ0) is 30.3. The maximum absolute atomic E-state index is 13.6. The Morgan fingerprint density at radius 3 is 1.86 bits per heavy atom. The molecule has 2 aromatic carbocycles. The van der Waals surface area contributed by atoms with Crippen molar-refractivity contribution in [2.24, 2.45) is 5.92 Å². The summed E-state index contributed by atoms with van der Waals surface area (Å²) in [6.07, 6.45) is 0.323. The van der Waals surface area contributed by atoms with E-state index in [9.17, 15) is 24.0 Å². The molecule has 2 aromatic rings. The van der Waals surface area contributed by atoms with Crippen molar-refractivity contribution in [2.75, 3.05) is 19.6 Å². The summed E-state index contributed by atoms with van der Waals surface area (Å²) in [4.78, 5) is 67.1. The number of benzene rings is 2. The van der Waals surface area contributed by atoms with E-state index in [0.29, 0.717) is 19.4 Å². The van der Waals surface area contributed by atoms with Crippen molar-refractivity contribution >= 4 is 29.8 Å². The number of amides is 3. The molecule has 0 bridgehead atoms. The van der Waals surface area contributed by atoms with Gasteiger partial charge in [0, 0.05) is 13.1 Å². The Hall–Kier alpha value is -4.41. The highest BCUT2D eigenvalue weighted by Crippen LogP contribution is 2.35. The summed E-state index contributed by atoms with van der Waals surface area (Å²) in [5.74, 6) is -2.79. The van der Waals surface area contributed by atoms with E-state index in [4.69, 9.17) is 14.2 Å². The third-order valence-corrected chi connectivity index (χ3v) is 6.90. The van der Waals surface area contributed by atoms with Gasteiger partial charge in [0.1, 0.15) is 25.4 Å². The molecular weight excluding hydrogens is 542 g/mol. The summed E-state index contributed by atoms with van der Waals surface area (Å²) in [5, 5.41) is 2.44. The van der Waals surface area contributed by atoms with Crippen molar-refractivity contribution < 1.29 is 38.2 Å². The van der Waals surface area contributed by atoms with Gasteiger partial charge in [-0.05, 0) is 44.7 Å². The Balaban J connectivity index is 1.38. The van der Waals surface area contributed by atoms with Crippen LogP contribution in [0.2, 0.25) is 0 Å². The van der Waals surface area contributed by atoms with Crippen LogP contribution in [0.1, 0.15) is 44.7 Å². The van der Waals surface area contributed by atoms with Crippen LogP contribution in [-0.2, 0) is 46.6 Å². The maximum atomic E-state index is 13.6. The van der Waals surface area contributed by atoms with Gasteiger partial charge in [-0.15, -0.1) is 0 Å². The fraction of sp³-hybridized carbons (Fsp3) is 0.452. The maximum Gasteiger partial charge on any atom is 0.408 e. The first kappa shape index (κ1) is 30.5. The average molecular weight is 580 g/mol. The molecule has 2 fully saturated rings. The summed E-state index contributed by atoms with van der Waals surface area (Å²) < 4.78 is 16.1. The van der Waals surface area contributed by atoms with Gasteiger partial charge in [0.25, 0.3) is 0 Å². The highest BCUT2D eigenvalue weighted by atomic mass is 16.6. The molecule has 42 heavy (non-hydrogen) atoms. The summed E-state index contributed by atoms with van der Waals surface area (Å²) >= 11 is 0. The first-order valence-electron chi connectivity index (χ1n) is 14.0. The lowest BCUT2D eigenvalue weighted by molar-refractivity contribution is -0.148. The van der Waals surface area contributed by atoms with Crippen molar-refractivity contribution in [3.63, 3.8) is 0 Å². The number of esters is 2. The molecular formula is C31H37N3O8. The van der Waals surface area contributed by atoms with E-state index in [1.165, 1.54) is 9.80 Å². The van der Waals surface area contributed by atoms with Gasteiger partial charge in [-0.1, -0.05) is 60.7 Å². The zero-order valence-corrected chi connectivity index (χ0v) is 24.1. The minimum Gasteiger partial charge on any atom is -0.459 e. The predicted molar refractivity (Wildman–Crippen MR) is 150 cm³/mol. The lowest BCUT2D eigenvalue weighted by atomic mass is 9.97. The van der Waals surface area contributed by atoms with Crippen molar-refractivity contribution in [3.05, 3.63) is 71.8 Å². The molecule has 0 aromatic heterocycles. The first-order chi connectivity index (χ1) is 20.0. The quantitative estimate of drug-likeness (QED) is 0.273. The molecule has 0 spiro atoms. The summed E-state index contributed by atoms with van der Waals surface area (Å²) in [6.45, 7) is 5.40. The second-order valence-electron chi connectivity index (χ2n) is 11.4. The monoisotopic (exact) mass is 579 g/mol. The number of hydrogen-bond acceptors (Lipinski definition) is 8. The van der Waals surface area contributed by atoms with Crippen LogP contribution in [0.3, 0.4) is 0 Å². The second-order valence-corrected chi connectivity index (χ2v) is 11.4. The van der Waals surface area contributed by atoms with E-state index in [-0.39, 0.29) is 32.2 Å². The molecule has 11 heteroatoms. The molecule has 224 valence electrons. The Kier molecular flexibility index (Phi) is 9.82. The number of ether oxygens (including phenoxy) is 3. The molecule has 11 nitrogen and oxygen atoms in total. The fourth-order valence-electron chi connectivity index (χ4n) is 4.81. The van der Waals surface area contributed by atoms with Gasteiger partial charge < -0.3 is 29.3 Å². The largest absolute Gasteiger partial charge is 0.459 e. The molecule has 4 rings (SSSR count). The standard InChI is InChI=1S/C31H37N3O8/c1-31(2,3)42-30(39)32-17-24(35)33-16-10-15-23(18-33)27(36)34-25(28(37)40-19-21-11-6-4-7-12-21)26(34)29(38)41-20-22-13-8-5-9-14-22/h4-9,11-14,23,25-26H,10,15-20H2,1-3H3,(H,32,39)/t23-,25-,26-/m0/s1. The highest BCUT2D eigenvalue weighted by Gasteiger charge is 2.62. The number of hydrogen-bond donors (Lipinski definition) is 1. The predicted octanol–water partition coefficient (Wildman–Crippen LogP) is 2.82. The molecule has 2 aliphatic rings. The lowest BCUT2D eigenvalue weighted by Gasteiger charge is -2.32. The zero-order valence-electron chi connectivity index (χ0n) is 24.1. The number of nitrogens with one attached hydrogen (secondary N) is 1. The van der Waals surface area contributed by atoms with E-state index in [1.807, 2.05) is 36.4 Å². The number of piperidine rings is 1. The van der Waals surface area contributed by atoms with Gasteiger partial charge in [-0.2, -0.15) is 0 Å². The molecule has 3 amide bonds. The molecule has 1 N–H and O–H groups in total. The molecule has 0 unspecified atom stereocenters.